The third-order valence-corrected chi connectivity index (χ3v) is 3.40. The average molecular weight is 311 g/mol. The van der Waals surface area contributed by atoms with E-state index in [1.165, 1.54) is 0 Å². The van der Waals surface area contributed by atoms with Crippen LogP contribution in [0.2, 0.25) is 5.15 Å². The second-order valence-electron chi connectivity index (χ2n) is 5.03. The van der Waals surface area contributed by atoms with Gasteiger partial charge in [0, 0.05) is 6.04 Å². The molecule has 0 aliphatic carbocycles. The predicted molar refractivity (Wildman–Crippen MR) is 79.2 cm³/mol. The van der Waals surface area contributed by atoms with Crippen LogP contribution in [0.15, 0.2) is 12.3 Å². The molecule has 0 aliphatic rings. The Labute approximate surface area is 127 Å². The van der Waals surface area contributed by atoms with Gasteiger partial charge in [0.25, 0.3) is 5.91 Å². The van der Waals surface area contributed by atoms with Gasteiger partial charge in [0.2, 0.25) is 0 Å². The minimum Gasteiger partial charge on any atom is -0.319 e. The van der Waals surface area contributed by atoms with Crippen molar-refractivity contribution in [1.29, 1.82) is 0 Å². The topological polar surface area (TPSA) is 59.8 Å². The van der Waals surface area contributed by atoms with Crippen LogP contribution < -0.4 is 5.32 Å². The highest BCUT2D eigenvalue weighted by Crippen LogP contribution is 2.24. The molecule has 0 saturated carbocycles. The SMILES string of the molecule is Cc1nn(C(C)C)c(C)c1NC(=O)c1cc(F)cnc1Cl. The van der Waals surface area contributed by atoms with Crippen molar-refractivity contribution in [3.63, 3.8) is 0 Å². The van der Waals surface area contributed by atoms with Crippen molar-refractivity contribution >= 4 is 23.2 Å². The van der Waals surface area contributed by atoms with Gasteiger partial charge >= 0.3 is 0 Å². The van der Waals surface area contributed by atoms with E-state index in [2.05, 4.69) is 15.4 Å². The molecule has 2 aromatic heterocycles. The summed E-state index contributed by atoms with van der Waals surface area (Å²) in [7, 11) is 0. The first-order chi connectivity index (χ1) is 9.81. The Morgan fingerprint density at radius 3 is 2.67 bits per heavy atom. The zero-order valence-electron chi connectivity index (χ0n) is 12.2. The van der Waals surface area contributed by atoms with Gasteiger partial charge < -0.3 is 5.32 Å². The Kier molecular flexibility index (Phi) is 4.27. The van der Waals surface area contributed by atoms with Crippen molar-refractivity contribution < 1.29 is 9.18 Å². The van der Waals surface area contributed by atoms with E-state index < -0.39 is 11.7 Å². The van der Waals surface area contributed by atoms with Crippen LogP contribution in [0, 0.1) is 19.7 Å². The summed E-state index contributed by atoms with van der Waals surface area (Å²) in [6.07, 6.45) is 0.965. The van der Waals surface area contributed by atoms with Gasteiger partial charge in [0.15, 0.2) is 0 Å². The number of hydrogen-bond donors (Lipinski definition) is 1. The van der Waals surface area contributed by atoms with Crippen molar-refractivity contribution in [1.82, 2.24) is 14.8 Å². The zero-order valence-corrected chi connectivity index (χ0v) is 13.0. The van der Waals surface area contributed by atoms with Crippen molar-refractivity contribution in [2.75, 3.05) is 5.32 Å². The van der Waals surface area contributed by atoms with Gasteiger partial charge in [0.1, 0.15) is 11.0 Å². The summed E-state index contributed by atoms with van der Waals surface area (Å²) >= 11 is 5.83. The Bertz CT molecular complexity index is 697. The molecule has 1 amide bonds. The van der Waals surface area contributed by atoms with Gasteiger partial charge in [0.05, 0.1) is 28.8 Å². The number of anilines is 1. The molecule has 5 nitrogen and oxygen atoms in total. The number of nitrogens with zero attached hydrogens (tertiary/aromatic N) is 3. The largest absolute Gasteiger partial charge is 0.319 e. The first-order valence-corrected chi connectivity index (χ1v) is 6.87. The highest BCUT2D eigenvalue weighted by molar-refractivity contribution is 6.33. The molecule has 0 spiro atoms. The molecule has 2 heterocycles. The molecule has 0 fully saturated rings. The lowest BCUT2D eigenvalue weighted by Gasteiger charge is -2.09. The van der Waals surface area contributed by atoms with Crippen LogP contribution in [0.1, 0.15) is 41.6 Å². The molecule has 0 aromatic carbocycles. The van der Waals surface area contributed by atoms with E-state index in [-0.39, 0.29) is 16.8 Å². The van der Waals surface area contributed by atoms with E-state index in [9.17, 15) is 9.18 Å². The number of pyridine rings is 1. The first kappa shape index (κ1) is 15.4. The number of nitrogens with one attached hydrogen (secondary N) is 1. The van der Waals surface area contributed by atoms with Crippen LogP contribution >= 0.6 is 11.6 Å². The number of hydrogen-bond acceptors (Lipinski definition) is 3. The Morgan fingerprint density at radius 2 is 2.10 bits per heavy atom. The van der Waals surface area contributed by atoms with E-state index >= 15 is 0 Å². The first-order valence-electron chi connectivity index (χ1n) is 6.49. The maximum Gasteiger partial charge on any atom is 0.258 e. The van der Waals surface area contributed by atoms with Crippen LogP contribution in [-0.2, 0) is 0 Å². The number of aromatic nitrogens is 3. The van der Waals surface area contributed by atoms with E-state index in [4.69, 9.17) is 11.6 Å². The summed E-state index contributed by atoms with van der Waals surface area (Å²) in [5, 5.41) is 7.06. The van der Waals surface area contributed by atoms with Gasteiger partial charge in [-0.25, -0.2) is 9.37 Å². The van der Waals surface area contributed by atoms with Crippen molar-refractivity contribution in [3.8, 4) is 0 Å². The van der Waals surface area contributed by atoms with Crippen LogP contribution in [0.5, 0.6) is 0 Å². The fraction of sp³-hybridized carbons (Fsp3) is 0.357. The minimum atomic E-state index is -0.615. The Hall–Kier alpha value is -1.95. The van der Waals surface area contributed by atoms with Gasteiger partial charge in [-0.15, -0.1) is 0 Å². The number of carbonyl (C=O) groups excluding carboxylic acids is 1. The van der Waals surface area contributed by atoms with Crippen molar-refractivity contribution in [2.24, 2.45) is 0 Å². The molecule has 7 heteroatoms. The number of rotatable bonds is 3. The highest BCUT2D eigenvalue weighted by atomic mass is 35.5. The van der Waals surface area contributed by atoms with E-state index in [1.54, 1.807) is 6.92 Å². The molecule has 0 atom stereocenters. The lowest BCUT2D eigenvalue weighted by atomic mass is 10.2. The molecule has 2 rings (SSSR count). The van der Waals surface area contributed by atoms with Crippen LogP contribution in [0.25, 0.3) is 0 Å². The number of aryl methyl sites for hydroxylation is 1. The van der Waals surface area contributed by atoms with E-state index in [1.807, 2.05) is 25.5 Å². The molecule has 112 valence electrons. The molecule has 0 unspecified atom stereocenters. The Morgan fingerprint density at radius 1 is 1.43 bits per heavy atom. The van der Waals surface area contributed by atoms with Crippen LogP contribution in [0.3, 0.4) is 0 Å². The molecular weight excluding hydrogens is 295 g/mol. The van der Waals surface area contributed by atoms with Crippen LogP contribution in [-0.4, -0.2) is 20.7 Å². The predicted octanol–water partition coefficient (Wildman–Crippen LogP) is 3.52. The average Bonchev–Trinajstić information content (AvgIpc) is 2.69. The third-order valence-electron chi connectivity index (χ3n) is 3.10. The van der Waals surface area contributed by atoms with E-state index in [0.717, 1.165) is 18.0 Å². The highest BCUT2D eigenvalue weighted by Gasteiger charge is 2.18. The number of carbonyl (C=O) groups is 1. The number of halogens is 2. The maximum absolute atomic E-state index is 13.2. The van der Waals surface area contributed by atoms with E-state index in [0.29, 0.717) is 11.4 Å². The molecule has 0 bridgehead atoms. The second-order valence-corrected chi connectivity index (χ2v) is 5.39. The summed E-state index contributed by atoms with van der Waals surface area (Å²) in [6, 6.07) is 1.23. The summed E-state index contributed by atoms with van der Waals surface area (Å²) < 4.78 is 15.0. The molecule has 0 radical (unpaired) electrons. The van der Waals surface area contributed by atoms with Gasteiger partial charge in [-0.2, -0.15) is 5.10 Å². The lowest BCUT2D eigenvalue weighted by molar-refractivity contribution is 0.102. The summed E-state index contributed by atoms with van der Waals surface area (Å²) in [6.45, 7) is 7.66. The second kappa shape index (κ2) is 5.81. The Balaban J connectivity index is 2.34. The zero-order chi connectivity index (χ0) is 15.7. The van der Waals surface area contributed by atoms with Gasteiger partial charge in [-0.05, 0) is 33.8 Å². The van der Waals surface area contributed by atoms with Crippen molar-refractivity contribution in [2.45, 2.75) is 33.7 Å². The summed E-state index contributed by atoms with van der Waals surface area (Å²) in [5.74, 6) is -1.13. The monoisotopic (exact) mass is 310 g/mol. The third kappa shape index (κ3) is 3.05. The quantitative estimate of drug-likeness (QED) is 0.882. The maximum atomic E-state index is 13.2. The minimum absolute atomic E-state index is 0.00670. The number of amides is 1. The van der Waals surface area contributed by atoms with Crippen molar-refractivity contribution in [3.05, 3.63) is 40.2 Å². The fourth-order valence-corrected chi connectivity index (χ4v) is 2.30. The molecule has 0 saturated heterocycles. The van der Waals surface area contributed by atoms with Crippen LogP contribution in [0.4, 0.5) is 10.1 Å². The summed E-state index contributed by atoms with van der Waals surface area (Å²) in [4.78, 5) is 15.9. The normalized spacial score (nSPS) is 11.0. The standard InChI is InChI=1S/C14H16ClFN4O/c1-7(2)20-9(4)12(8(3)19-20)18-14(21)11-5-10(16)6-17-13(11)15/h5-7H,1-4H3,(H,18,21). The molecule has 1 N–H and O–H groups in total. The van der Waals surface area contributed by atoms with Gasteiger partial charge in [-0.3, -0.25) is 9.48 Å². The van der Waals surface area contributed by atoms with Gasteiger partial charge in [-0.1, -0.05) is 11.6 Å². The molecular formula is C14H16ClFN4O. The molecule has 2 aromatic rings. The fourth-order valence-electron chi connectivity index (χ4n) is 2.11. The lowest BCUT2D eigenvalue weighted by Crippen LogP contribution is -2.15. The smallest absolute Gasteiger partial charge is 0.258 e. The summed E-state index contributed by atoms with van der Waals surface area (Å²) in [5.41, 5.74) is 2.12. The molecule has 0 aliphatic heterocycles. The molecule has 21 heavy (non-hydrogen) atoms.